The third-order valence-electron chi connectivity index (χ3n) is 4.85. The van der Waals surface area contributed by atoms with E-state index in [2.05, 4.69) is 29.4 Å². The number of nitrogens with zero attached hydrogens (tertiary/aromatic N) is 1. The summed E-state index contributed by atoms with van der Waals surface area (Å²) in [6.07, 6.45) is 4.35. The van der Waals surface area contributed by atoms with Gasteiger partial charge in [-0.2, -0.15) is 0 Å². The van der Waals surface area contributed by atoms with Gasteiger partial charge in [0.1, 0.15) is 0 Å². The van der Waals surface area contributed by atoms with E-state index in [1.165, 1.54) is 0 Å². The van der Waals surface area contributed by atoms with Crippen LogP contribution < -0.4 is 10.6 Å². The lowest BCUT2D eigenvalue weighted by Crippen LogP contribution is -2.57. The van der Waals surface area contributed by atoms with Gasteiger partial charge in [-0.05, 0) is 25.3 Å². The number of carbonyl (C=O) groups excluding carboxylic acids is 1. The molecule has 2 unspecified atom stereocenters. The predicted octanol–water partition coefficient (Wildman–Crippen LogP) is 0.992. The Balaban J connectivity index is 1.99. The fourth-order valence-electron chi connectivity index (χ4n) is 3.53. The number of piperidine rings is 1. The summed E-state index contributed by atoms with van der Waals surface area (Å²) in [5.41, 5.74) is 0. The number of rotatable bonds is 6. The van der Waals surface area contributed by atoms with Crippen molar-refractivity contribution in [3.63, 3.8) is 0 Å². The lowest BCUT2D eigenvalue weighted by atomic mass is 9.91. The average molecular weight is 297 g/mol. The Morgan fingerprint density at radius 2 is 2.05 bits per heavy atom. The van der Waals surface area contributed by atoms with E-state index in [0.717, 1.165) is 65.1 Å². The first-order valence-electron chi connectivity index (χ1n) is 8.59. The molecule has 0 aromatic carbocycles. The SMILES string of the molecule is CCC(CC)C(C(=O)NC1CCCNC1)N1CCOCC1. The molecule has 2 saturated heterocycles. The molecule has 0 aliphatic carbocycles. The van der Waals surface area contributed by atoms with E-state index in [4.69, 9.17) is 4.74 Å². The molecule has 5 heteroatoms. The lowest BCUT2D eigenvalue weighted by molar-refractivity contribution is -0.131. The number of hydrogen-bond acceptors (Lipinski definition) is 4. The molecule has 0 spiro atoms. The van der Waals surface area contributed by atoms with E-state index in [0.29, 0.717) is 12.0 Å². The van der Waals surface area contributed by atoms with Gasteiger partial charge >= 0.3 is 0 Å². The van der Waals surface area contributed by atoms with Crippen molar-refractivity contribution in [2.24, 2.45) is 5.92 Å². The molecule has 2 N–H and O–H groups in total. The minimum Gasteiger partial charge on any atom is -0.379 e. The van der Waals surface area contributed by atoms with E-state index in [9.17, 15) is 4.79 Å². The molecule has 2 heterocycles. The van der Waals surface area contributed by atoms with Crippen LogP contribution in [0, 0.1) is 5.92 Å². The maximum absolute atomic E-state index is 12.8. The normalized spacial score (nSPS) is 25.8. The third-order valence-corrected chi connectivity index (χ3v) is 4.85. The van der Waals surface area contributed by atoms with E-state index >= 15 is 0 Å². The Morgan fingerprint density at radius 3 is 2.62 bits per heavy atom. The summed E-state index contributed by atoms with van der Waals surface area (Å²) in [4.78, 5) is 15.2. The van der Waals surface area contributed by atoms with Gasteiger partial charge in [-0.3, -0.25) is 9.69 Å². The standard InChI is InChI=1S/C16H31N3O2/c1-3-13(4-2)15(19-8-10-21-11-9-19)16(20)18-14-6-5-7-17-12-14/h13-15,17H,3-12H2,1-2H3,(H,18,20). The number of carbonyl (C=O) groups is 1. The highest BCUT2D eigenvalue weighted by Crippen LogP contribution is 2.20. The second kappa shape index (κ2) is 8.71. The topological polar surface area (TPSA) is 53.6 Å². The van der Waals surface area contributed by atoms with Crippen LogP contribution in [0.5, 0.6) is 0 Å². The van der Waals surface area contributed by atoms with Crippen LogP contribution in [0.4, 0.5) is 0 Å². The number of morpholine rings is 1. The van der Waals surface area contributed by atoms with E-state index in [-0.39, 0.29) is 11.9 Å². The fraction of sp³-hybridized carbons (Fsp3) is 0.938. The minimum absolute atomic E-state index is 0.00539. The highest BCUT2D eigenvalue weighted by atomic mass is 16.5. The molecule has 2 aliphatic heterocycles. The van der Waals surface area contributed by atoms with Crippen molar-refractivity contribution in [2.75, 3.05) is 39.4 Å². The van der Waals surface area contributed by atoms with Gasteiger partial charge in [0, 0.05) is 25.7 Å². The summed E-state index contributed by atoms with van der Waals surface area (Å²) in [7, 11) is 0. The first-order chi connectivity index (χ1) is 10.3. The van der Waals surface area contributed by atoms with Crippen molar-refractivity contribution in [3.05, 3.63) is 0 Å². The Labute approximate surface area is 128 Å². The molecule has 2 atom stereocenters. The van der Waals surface area contributed by atoms with Gasteiger partial charge in [0.05, 0.1) is 19.3 Å². The number of hydrogen-bond donors (Lipinski definition) is 2. The highest BCUT2D eigenvalue weighted by molar-refractivity contribution is 5.82. The zero-order chi connectivity index (χ0) is 15.1. The second-order valence-corrected chi connectivity index (χ2v) is 6.22. The first kappa shape index (κ1) is 16.7. The van der Waals surface area contributed by atoms with E-state index in [1.54, 1.807) is 0 Å². The monoisotopic (exact) mass is 297 g/mol. The quantitative estimate of drug-likeness (QED) is 0.768. The first-order valence-corrected chi connectivity index (χ1v) is 8.59. The molecule has 1 amide bonds. The van der Waals surface area contributed by atoms with Crippen molar-refractivity contribution in [3.8, 4) is 0 Å². The molecule has 0 aromatic heterocycles. The Bertz CT molecular complexity index is 309. The van der Waals surface area contributed by atoms with E-state index < -0.39 is 0 Å². The largest absolute Gasteiger partial charge is 0.379 e. The summed E-state index contributed by atoms with van der Waals surface area (Å²) in [5.74, 6) is 0.652. The van der Waals surface area contributed by atoms with Gasteiger partial charge in [0.2, 0.25) is 5.91 Å². The van der Waals surface area contributed by atoms with Gasteiger partial charge in [-0.15, -0.1) is 0 Å². The fourth-order valence-corrected chi connectivity index (χ4v) is 3.53. The van der Waals surface area contributed by atoms with Gasteiger partial charge in [0.15, 0.2) is 0 Å². The van der Waals surface area contributed by atoms with Crippen LogP contribution in [0.2, 0.25) is 0 Å². The van der Waals surface area contributed by atoms with E-state index in [1.807, 2.05) is 0 Å². The summed E-state index contributed by atoms with van der Waals surface area (Å²) >= 11 is 0. The van der Waals surface area contributed by atoms with Crippen LogP contribution in [0.3, 0.4) is 0 Å². The molecule has 2 fully saturated rings. The maximum Gasteiger partial charge on any atom is 0.237 e. The number of amides is 1. The highest BCUT2D eigenvalue weighted by Gasteiger charge is 2.33. The van der Waals surface area contributed by atoms with Crippen molar-refractivity contribution in [1.82, 2.24) is 15.5 Å². The lowest BCUT2D eigenvalue weighted by Gasteiger charge is -2.38. The van der Waals surface area contributed by atoms with Gasteiger partial charge < -0.3 is 15.4 Å². The molecule has 2 aliphatic rings. The van der Waals surface area contributed by atoms with Crippen LogP contribution in [0.25, 0.3) is 0 Å². The molecular formula is C16H31N3O2. The summed E-state index contributed by atoms with van der Waals surface area (Å²) in [5, 5.41) is 6.65. The summed E-state index contributed by atoms with van der Waals surface area (Å²) in [6, 6.07) is 0.301. The van der Waals surface area contributed by atoms with Crippen LogP contribution in [0.1, 0.15) is 39.5 Å². The van der Waals surface area contributed by atoms with Gasteiger partial charge in [0.25, 0.3) is 0 Å². The van der Waals surface area contributed by atoms with Crippen LogP contribution in [-0.2, 0) is 9.53 Å². The van der Waals surface area contributed by atoms with Gasteiger partial charge in [-0.25, -0.2) is 0 Å². The average Bonchev–Trinajstić information content (AvgIpc) is 2.54. The summed E-state index contributed by atoms with van der Waals surface area (Å²) in [6.45, 7) is 9.60. The Hall–Kier alpha value is -0.650. The number of nitrogens with one attached hydrogen (secondary N) is 2. The molecular weight excluding hydrogens is 266 g/mol. The molecule has 0 aromatic rings. The zero-order valence-corrected chi connectivity index (χ0v) is 13.6. The molecule has 0 radical (unpaired) electrons. The second-order valence-electron chi connectivity index (χ2n) is 6.22. The smallest absolute Gasteiger partial charge is 0.237 e. The van der Waals surface area contributed by atoms with Crippen molar-refractivity contribution in [2.45, 2.75) is 51.6 Å². The Morgan fingerprint density at radius 1 is 1.33 bits per heavy atom. The molecule has 122 valence electrons. The molecule has 21 heavy (non-hydrogen) atoms. The molecule has 5 nitrogen and oxygen atoms in total. The van der Waals surface area contributed by atoms with Crippen LogP contribution in [0.15, 0.2) is 0 Å². The Kier molecular flexibility index (Phi) is 6.93. The van der Waals surface area contributed by atoms with Crippen molar-refractivity contribution >= 4 is 5.91 Å². The van der Waals surface area contributed by atoms with Crippen LogP contribution in [-0.4, -0.2) is 62.3 Å². The predicted molar refractivity (Wildman–Crippen MR) is 84.3 cm³/mol. The molecule has 2 rings (SSSR count). The van der Waals surface area contributed by atoms with Crippen LogP contribution >= 0.6 is 0 Å². The maximum atomic E-state index is 12.8. The molecule has 0 bridgehead atoms. The van der Waals surface area contributed by atoms with Crippen molar-refractivity contribution in [1.29, 1.82) is 0 Å². The zero-order valence-electron chi connectivity index (χ0n) is 13.6. The minimum atomic E-state index is 0.00539. The van der Waals surface area contributed by atoms with Gasteiger partial charge in [-0.1, -0.05) is 26.7 Å². The van der Waals surface area contributed by atoms with Crippen molar-refractivity contribution < 1.29 is 9.53 Å². The third kappa shape index (κ3) is 4.66. The molecule has 0 saturated carbocycles. The summed E-state index contributed by atoms with van der Waals surface area (Å²) < 4.78 is 5.44. The number of ether oxygens (including phenoxy) is 1.